The number of hydrazine groups is 1. The molecule has 0 aliphatic rings. The van der Waals surface area contributed by atoms with E-state index in [1.165, 1.54) is 11.8 Å². The second-order valence-corrected chi connectivity index (χ2v) is 6.50. The van der Waals surface area contributed by atoms with Crippen molar-refractivity contribution < 1.29 is 4.79 Å². The summed E-state index contributed by atoms with van der Waals surface area (Å²) < 4.78 is 1.98. The first-order chi connectivity index (χ1) is 12.1. The van der Waals surface area contributed by atoms with Crippen molar-refractivity contribution in [1.82, 2.24) is 25.2 Å². The Morgan fingerprint density at radius 2 is 1.68 bits per heavy atom. The van der Waals surface area contributed by atoms with Crippen LogP contribution in [0.5, 0.6) is 0 Å². The molecule has 1 aromatic heterocycles. The fourth-order valence-electron chi connectivity index (χ4n) is 2.36. The first-order valence-electron chi connectivity index (χ1n) is 7.81. The Balaban J connectivity index is 1.94. The van der Waals surface area contributed by atoms with Crippen LogP contribution in [-0.4, -0.2) is 45.5 Å². The summed E-state index contributed by atoms with van der Waals surface area (Å²) in [5.41, 5.74) is 4.66. The Kier molecular flexibility index (Phi) is 5.47. The summed E-state index contributed by atoms with van der Waals surface area (Å²) in [6.07, 6.45) is 0. The zero-order valence-corrected chi connectivity index (χ0v) is 14.9. The van der Waals surface area contributed by atoms with E-state index >= 15 is 0 Å². The van der Waals surface area contributed by atoms with Gasteiger partial charge in [0.15, 0.2) is 11.0 Å². The van der Waals surface area contributed by atoms with Crippen LogP contribution in [0.1, 0.15) is 0 Å². The van der Waals surface area contributed by atoms with Crippen LogP contribution in [0.25, 0.3) is 17.1 Å². The molecule has 7 heteroatoms. The number of hydrogen-bond donors (Lipinski definition) is 1. The highest BCUT2D eigenvalue weighted by atomic mass is 32.2. The lowest BCUT2D eigenvalue weighted by atomic mass is 10.2. The molecular weight excluding hydrogens is 334 g/mol. The lowest BCUT2D eigenvalue weighted by Gasteiger charge is -2.12. The Hall–Kier alpha value is -2.64. The number of aromatic nitrogens is 3. The second-order valence-electron chi connectivity index (χ2n) is 5.56. The first-order valence-corrected chi connectivity index (χ1v) is 8.79. The molecule has 128 valence electrons. The van der Waals surface area contributed by atoms with Crippen LogP contribution in [0, 0.1) is 0 Å². The van der Waals surface area contributed by atoms with Gasteiger partial charge in [0.25, 0.3) is 0 Å². The summed E-state index contributed by atoms with van der Waals surface area (Å²) in [7, 11) is 3.56. The molecule has 0 aliphatic heterocycles. The van der Waals surface area contributed by atoms with Gasteiger partial charge in [0, 0.05) is 25.3 Å². The third kappa shape index (κ3) is 4.26. The van der Waals surface area contributed by atoms with Crippen LogP contribution >= 0.6 is 11.8 Å². The molecule has 0 bridgehead atoms. The topological polar surface area (TPSA) is 63.1 Å². The molecule has 1 heterocycles. The van der Waals surface area contributed by atoms with E-state index in [4.69, 9.17) is 0 Å². The monoisotopic (exact) mass is 353 g/mol. The van der Waals surface area contributed by atoms with Gasteiger partial charge in [0.05, 0.1) is 5.75 Å². The van der Waals surface area contributed by atoms with Gasteiger partial charge in [0.1, 0.15) is 0 Å². The smallest absolute Gasteiger partial charge is 0.244 e. The van der Waals surface area contributed by atoms with Gasteiger partial charge in [0.2, 0.25) is 5.91 Å². The average Bonchev–Trinajstić information content (AvgIpc) is 3.05. The highest BCUT2D eigenvalue weighted by Gasteiger charge is 2.17. The molecule has 0 atom stereocenters. The summed E-state index contributed by atoms with van der Waals surface area (Å²) in [5, 5.41) is 11.0. The highest BCUT2D eigenvalue weighted by molar-refractivity contribution is 7.99. The maximum Gasteiger partial charge on any atom is 0.244 e. The predicted molar refractivity (Wildman–Crippen MR) is 99.3 cm³/mol. The molecular formula is C18H19N5OS. The minimum atomic E-state index is -0.0844. The Bertz CT molecular complexity index is 833. The molecule has 0 saturated heterocycles. The van der Waals surface area contributed by atoms with Crippen LogP contribution in [-0.2, 0) is 4.79 Å². The summed E-state index contributed by atoms with van der Waals surface area (Å²) in [4.78, 5) is 11.9. The maximum absolute atomic E-state index is 11.9. The number of benzene rings is 2. The van der Waals surface area contributed by atoms with Crippen molar-refractivity contribution in [2.24, 2.45) is 0 Å². The van der Waals surface area contributed by atoms with Crippen molar-refractivity contribution in [3.63, 3.8) is 0 Å². The second kappa shape index (κ2) is 7.96. The Morgan fingerprint density at radius 3 is 2.32 bits per heavy atom. The van der Waals surface area contributed by atoms with Crippen LogP contribution in [0.15, 0.2) is 65.8 Å². The van der Waals surface area contributed by atoms with E-state index in [9.17, 15) is 4.79 Å². The zero-order chi connectivity index (χ0) is 17.6. The van der Waals surface area contributed by atoms with Crippen LogP contribution in [0.2, 0.25) is 0 Å². The number of nitrogens with zero attached hydrogens (tertiary/aromatic N) is 4. The fraction of sp³-hybridized carbons (Fsp3) is 0.167. The average molecular weight is 353 g/mol. The summed E-state index contributed by atoms with van der Waals surface area (Å²) in [6.45, 7) is 0. The van der Waals surface area contributed by atoms with Crippen molar-refractivity contribution in [2.45, 2.75) is 5.16 Å². The largest absolute Gasteiger partial charge is 0.289 e. The van der Waals surface area contributed by atoms with Crippen molar-refractivity contribution in [1.29, 1.82) is 0 Å². The highest BCUT2D eigenvalue weighted by Crippen LogP contribution is 2.27. The summed E-state index contributed by atoms with van der Waals surface area (Å²) in [5.74, 6) is 0.930. The fourth-order valence-corrected chi connectivity index (χ4v) is 3.10. The van der Waals surface area contributed by atoms with Gasteiger partial charge < -0.3 is 0 Å². The molecule has 0 radical (unpaired) electrons. The molecule has 0 aliphatic carbocycles. The van der Waals surface area contributed by atoms with Gasteiger partial charge >= 0.3 is 0 Å². The van der Waals surface area contributed by atoms with Crippen LogP contribution < -0.4 is 5.43 Å². The zero-order valence-electron chi connectivity index (χ0n) is 14.1. The third-order valence-electron chi connectivity index (χ3n) is 3.36. The quantitative estimate of drug-likeness (QED) is 0.545. The van der Waals surface area contributed by atoms with E-state index in [1.807, 2.05) is 65.2 Å². The molecule has 3 aromatic rings. The van der Waals surface area contributed by atoms with E-state index in [-0.39, 0.29) is 11.7 Å². The lowest BCUT2D eigenvalue weighted by Crippen LogP contribution is -2.37. The molecule has 0 saturated carbocycles. The molecule has 0 spiro atoms. The number of carbonyl (C=O) groups is 1. The number of rotatable bonds is 6. The van der Waals surface area contributed by atoms with E-state index in [2.05, 4.69) is 15.6 Å². The normalized spacial score (nSPS) is 10.8. The van der Waals surface area contributed by atoms with E-state index in [0.29, 0.717) is 5.16 Å². The van der Waals surface area contributed by atoms with Gasteiger partial charge in [-0.2, -0.15) is 0 Å². The van der Waals surface area contributed by atoms with Gasteiger partial charge in [-0.3, -0.25) is 14.8 Å². The van der Waals surface area contributed by atoms with E-state index in [1.54, 1.807) is 19.1 Å². The number of amides is 1. The summed E-state index contributed by atoms with van der Waals surface area (Å²) >= 11 is 1.36. The number of nitrogens with one attached hydrogen (secondary N) is 1. The van der Waals surface area contributed by atoms with E-state index in [0.717, 1.165) is 17.1 Å². The molecule has 3 rings (SSSR count). The van der Waals surface area contributed by atoms with Gasteiger partial charge in [-0.15, -0.1) is 10.2 Å². The van der Waals surface area contributed by atoms with Crippen LogP contribution in [0.3, 0.4) is 0 Å². The molecule has 2 aromatic carbocycles. The van der Waals surface area contributed by atoms with Crippen molar-refractivity contribution in [3.05, 3.63) is 60.7 Å². The maximum atomic E-state index is 11.9. The lowest BCUT2D eigenvalue weighted by molar-refractivity contribution is -0.122. The standard InChI is InChI=1S/C18H19N5OS/c1-22(2)21-16(24)13-25-18-20-19-17(14-9-5-3-6-10-14)23(18)15-11-7-4-8-12-15/h3-12H,13H2,1-2H3,(H,21,24). The third-order valence-corrected chi connectivity index (χ3v) is 4.29. The summed E-state index contributed by atoms with van der Waals surface area (Å²) in [6, 6.07) is 19.8. The van der Waals surface area contributed by atoms with Gasteiger partial charge in [-0.05, 0) is 12.1 Å². The SMILES string of the molecule is CN(C)NC(=O)CSc1nnc(-c2ccccc2)n1-c1ccccc1. The van der Waals surface area contributed by atoms with Gasteiger partial charge in [-0.25, -0.2) is 5.01 Å². The van der Waals surface area contributed by atoms with Crippen molar-refractivity contribution in [2.75, 3.05) is 19.8 Å². The van der Waals surface area contributed by atoms with E-state index < -0.39 is 0 Å². The molecule has 1 amide bonds. The predicted octanol–water partition coefficient (Wildman–Crippen LogP) is 2.62. The van der Waals surface area contributed by atoms with Gasteiger partial charge in [-0.1, -0.05) is 60.3 Å². The molecule has 1 N–H and O–H groups in total. The number of carbonyl (C=O) groups excluding carboxylic acids is 1. The van der Waals surface area contributed by atoms with Crippen LogP contribution in [0.4, 0.5) is 0 Å². The molecule has 0 fully saturated rings. The van der Waals surface area contributed by atoms with Crippen molar-refractivity contribution >= 4 is 17.7 Å². The number of hydrogen-bond acceptors (Lipinski definition) is 5. The molecule has 0 unspecified atom stereocenters. The van der Waals surface area contributed by atoms with Crippen molar-refractivity contribution in [3.8, 4) is 17.1 Å². The number of thioether (sulfide) groups is 1. The minimum Gasteiger partial charge on any atom is -0.289 e. The number of para-hydroxylation sites is 1. The first kappa shape index (κ1) is 17.2. The molecule has 25 heavy (non-hydrogen) atoms. The Morgan fingerprint density at radius 1 is 1.04 bits per heavy atom. The minimum absolute atomic E-state index is 0.0844. The molecule has 6 nitrogen and oxygen atoms in total. The Labute approximate surface area is 150 Å².